The van der Waals surface area contributed by atoms with E-state index in [2.05, 4.69) is 10.3 Å². The van der Waals surface area contributed by atoms with E-state index in [1.54, 1.807) is 6.07 Å². The van der Waals surface area contributed by atoms with Gasteiger partial charge < -0.3 is 20.7 Å². The third-order valence-electron chi connectivity index (χ3n) is 2.74. The van der Waals surface area contributed by atoms with Crippen molar-refractivity contribution in [2.75, 3.05) is 36.9 Å². The lowest BCUT2D eigenvalue weighted by Gasteiger charge is -2.20. The second-order valence-electron chi connectivity index (χ2n) is 4.12. The molecule has 1 aromatic rings. The molecule has 0 aromatic carbocycles. The van der Waals surface area contributed by atoms with Crippen LogP contribution in [0.25, 0.3) is 0 Å². The molecule has 0 unspecified atom stereocenters. The van der Waals surface area contributed by atoms with E-state index in [4.69, 9.17) is 10.5 Å². The summed E-state index contributed by atoms with van der Waals surface area (Å²) in [4.78, 5) is 17.8. The molecule has 2 rings (SSSR count). The van der Waals surface area contributed by atoms with E-state index in [1.807, 2.05) is 17.9 Å². The molecule has 2 heterocycles. The fraction of sp³-hybridized carbons (Fsp3) is 0.500. The van der Waals surface area contributed by atoms with Crippen molar-refractivity contribution in [2.24, 2.45) is 0 Å². The number of pyridine rings is 1. The van der Waals surface area contributed by atoms with Gasteiger partial charge in [-0.3, -0.25) is 4.79 Å². The second-order valence-corrected chi connectivity index (χ2v) is 4.12. The fourth-order valence-corrected chi connectivity index (χ4v) is 1.87. The van der Waals surface area contributed by atoms with Crippen LogP contribution in [-0.4, -0.2) is 37.1 Å². The molecule has 1 saturated heterocycles. The van der Waals surface area contributed by atoms with Gasteiger partial charge in [-0.15, -0.1) is 0 Å². The lowest BCUT2D eigenvalue weighted by molar-refractivity contribution is -0.119. The van der Waals surface area contributed by atoms with Crippen molar-refractivity contribution in [2.45, 2.75) is 13.3 Å². The zero-order valence-corrected chi connectivity index (χ0v) is 10.5. The zero-order chi connectivity index (χ0) is 13.0. The fourth-order valence-electron chi connectivity index (χ4n) is 1.87. The van der Waals surface area contributed by atoms with Gasteiger partial charge in [0.25, 0.3) is 0 Å². The molecule has 0 aliphatic carbocycles. The molecule has 6 heteroatoms. The topological polar surface area (TPSA) is 80.5 Å². The minimum absolute atomic E-state index is 0.0177. The summed E-state index contributed by atoms with van der Waals surface area (Å²) in [5.74, 6) is 1.17. The van der Waals surface area contributed by atoms with E-state index >= 15 is 0 Å². The van der Waals surface area contributed by atoms with Crippen molar-refractivity contribution in [1.82, 2.24) is 10.3 Å². The molecule has 1 fully saturated rings. The highest BCUT2D eigenvalue weighted by Crippen LogP contribution is 2.23. The molecule has 0 spiro atoms. The van der Waals surface area contributed by atoms with Crippen molar-refractivity contribution in [3.8, 4) is 5.88 Å². The molecule has 1 aliphatic heterocycles. The van der Waals surface area contributed by atoms with Crippen molar-refractivity contribution in [3.05, 3.63) is 12.1 Å². The van der Waals surface area contributed by atoms with E-state index in [1.165, 1.54) is 0 Å². The Kier molecular flexibility index (Phi) is 3.86. The quantitative estimate of drug-likeness (QED) is 0.811. The number of aromatic nitrogens is 1. The van der Waals surface area contributed by atoms with E-state index in [9.17, 15) is 4.79 Å². The molecule has 0 atom stereocenters. The summed E-state index contributed by atoms with van der Waals surface area (Å²) in [6.07, 6.45) is 0.905. The summed E-state index contributed by atoms with van der Waals surface area (Å²) >= 11 is 0. The molecule has 18 heavy (non-hydrogen) atoms. The Bertz CT molecular complexity index is 436. The molecule has 6 nitrogen and oxygen atoms in total. The van der Waals surface area contributed by atoms with E-state index < -0.39 is 0 Å². The summed E-state index contributed by atoms with van der Waals surface area (Å²) < 4.78 is 5.36. The SMILES string of the molecule is CCOc1nc(N2CCCNC(=O)C2)ccc1N. The number of carbonyl (C=O) groups is 1. The number of hydrogen-bond donors (Lipinski definition) is 2. The normalized spacial score (nSPS) is 16.1. The van der Waals surface area contributed by atoms with Gasteiger partial charge in [0.05, 0.1) is 18.8 Å². The lowest BCUT2D eigenvalue weighted by atomic mass is 10.3. The number of hydrogen-bond acceptors (Lipinski definition) is 5. The number of nitrogens with one attached hydrogen (secondary N) is 1. The highest BCUT2D eigenvalue weighted by Gasteiger charge is 2.17. The Labute approximate surface area is 106 Å². The van der Waals surface area contributed by atoms with Crippen LogP contribution in [0, 0.1) is 0 Å². The third-order valence-corrected chi connectivity index (χ3v) is 2.74. The lowest BCUT2D eigenvalue weighted by Crippen LogP contribution is -2.33. The van der Waals surface area contributed by atoms with E-state index in [0.717, 1.165) is 18.8 Å². The van der Waals surface area contributed by atoms with Crippen LogP contribution in [0.15, 0.2) is 12.1 Å². The second kappa shape index (κ2) is 5.57. The molecule has 0 radical (unpaired) electrons. The standard InChI is InChI=1S/C12H18N4O2/c1-2-18-12-9(13)4-5-10(15-12)16-7-3-6-14-11(17)8-16/h4-5H,2-3,6-8,13H2,1H3,(H,14,17). The van der Waals surface area contributed by atoms with Gasteiger partial charge in [0, 0.05) is 13.1 Å². The van der Waals surface area contributed by atoms with Crippen LogP contribution in [0.2, 0.25) is 0 Å². The van der Waals surface area contributed by atoms with Gasteiger partial charge in [0.1, 0.15) is 5.82 Å². The third kappa shape index (κ3) is 2.82. The van der Waals surface area contributed by atoms with Crippen LogP contribution in [0.3, 0.4) is 0 Å². The molecule has 1 amide bonds. The highest BCUT2D eigenvalue weighted by atomic mass is 16.5. The van der Waals surface area contributed by atoms with Gasteiger partial charge in [0.15, 0.2) is 0 Å². The smallest absolute Gasteiger partial charge is 0.239 e. The zero-order valence-electron chi connectivity index (χ0n) is 10.5. The summed E-state index contributed by atoms with van der Waals surface area (Å²) in [5.41, 5.74) is 6.29. The van der Waals surface area contributed by atoms with Crippen LogP contribution in [-0.2, 0) is 4.79 Å². The number of rotatable bonds is 3. The Balaban J connectivity index is 2.21. The first kappa shape index (κ1) is 12.5. The molecular formula is C12H18N4O2. The first-order chi connectivity index (χ1) is 8.70. The van der Waals surface area contributed by atoms with Gasteiger partial charge in [-0.25, -0.2) is 0 Å². The molecular weight excluding hydrogens is 232 g/mol. The van der Waals surface area contributed by atoms with Crippen LogP contribution in [0.4, 0.5) is 11.5 Å². The van der Waals surface area contributed by atoms with E-state index in [-0.39, 0.29) is 5.91 Å². The summed E-state index contributed by atoms with van der Waals surface area (Å²) in [6.45, 7) is 4.22. The van der Waals surface area contributed by atoms with Gasteiger partial charge in [-0.1, -0.05) is 0 Å². The Morgan fingerprint density at radius 2 is 2.39 bits per heavy atom. The Morgan fingerprint density at radius 3 is 3.17 bits per heavy atom. The average molecular weight is 250 g/mol. The maximum absolute atomic E-state index is 11.5. The first-order valence-corrected chi connectivity index (χ1v) is 6.11. The highest BCUT2D eigenvalue weighted by molar-refractivity contribution is 5.81. The monoisotopic (exact) mass is 250 g/mol. The van der Waals surface area contributed by atoms with Crippen molar-refractivity contribution < 1.29 is 9.53 Å². The van der Waals surface area contributed by atoms with Gasteiger partial charge >= 0.3 is 0 Å². The summed E-state index contributed by atoms with van der Waals surface area (Å²) in [7, 11) is 0. The van der Waals surface area contributed by atoms with Gasteiger partial charge in [-0.05, 0) is 25.5 Å². The molecule has 0 bridgehead atoms. The maximum atomic E-state index is 11.5. The van der Waals surface area contributed by atoms with Crippen LogP contribution < -0.4 is 20.7 Å². The van der Waals surface area contributed by atoms with Gasteiger partial charge in [0.2, 0.25) is 11.8 Å². The van der Waals surface area contributed by atoms with Crippen molar-refractivity contribution in [1.29, 1.82) is 0 Å². The number of nitrogens with zero attached hydrogens (tertiary/aromatic N) is 2. The summed E-state index contributed by atoms with van der Waals surface area (Å²) in [5, 5.41) is 2.83. The number of anilines is 2. The number of nitrogen functional groups attached to an aromatic ring is 1. The van der Waals surface area contributed by atoms with Crippen molar-refractivity contribution in [3.63, 3.8) is 0 Å². The van der Waals surface area contributed by atoms with Gasteiger partial charge in [-0.2, -0.15) is 4.98 Å². The molecule has 1 aromatic heterocycles. The predicted octanol–water partition coefficient (Wildman–Crippen LogP) is 0.389. The predicted molar refractivity (Wildman–Crippen MR) is 69.7 cm³/mol. The van der Waals surface area contributed by atoms with Crippen LogP contribution in [0.1, 0.15) is 13.3 Å². The molecule has 98 valence electrons. The van der Waals surface area contributed by atoms with Crippen molar-refractivity contribution >= 4 is 17.4 Å². The maximum Gasteiger partial charge on any atom is 0.239 e. The number of amides is 1. The Hall–Kier alpha value is -1.98. The number of carbonyl (C=O) groups excluding carboxylic acids is 1. The number of ether oxygens (including phenoxy) is 1. The van der Waals surface area contributed by atoms with Crippen LogP contribution >= 0.6 is 0 Å². The molecule has 3 N–H and O–H groups in total. The minimum atomic E-state index is 0.0177. The molecule has 0 saturated carbocycles. The number of nitrogens with two attached hydrogens (primary N) is 1. The van der Waals surface area contributed by atoms with Crippen LogP contribution in [0.5, 0.6) is 5.88 Å². The molecule has 1 aliphatic rings. The summed E-state index contributed by atoms with van der Waals surface area (Å²) in [6, 6.07) is 3.58. The first-order valence-electron chi connectivity index (χ1n) is 6.11. The minimum Gasteiger partial charge on any atom is -0.476 e. The largest absolute Gasteiger partial charge is 0.476 e. The Morgan fingerprint density at radius 1 is 1.56 bits per heavy atom. The van der Waals surface area contributed by atoms with E-state index in [0.29, 0.717) is 31.3 Å². The average Bonchev–Trinajstić information content (AvgIpc) is 2.57.